The molecule has 0 radical (unpaired) electrons. The monoisotopic (exact) mass is 265 g/mol. The van der Waals surface area contributed by atoms with E-state index in [1.54, 1.807) is 0 Å². The second-order valence-corrected chi connectivity index (χ2v) is 6.44. The molecule has 18 heavy (non-hydrogen) atoms. The molecule has 2 rings (SSSR count). The van der Waals surface area contributed by atoms with Crippen molar-refractivity contribution in [3.05, 3.63) is 34.9 Å². The molecule has 0 aromatic heterocycles. The first-order chi connectivity index (χ1) is 8.58. The second kappa shape index (κ2) is 6.08. The van der Waals surface area contributed by atoms with E-state index in [0.29, 0.717) is 12.0 Å². The molecule has 3 unspecified atom stereocenters. The van der Waals surface area contributed by atoms with Crippen molar-refractivity contribution in [2.45, 2.75) is 45.6 Å². The molecule has 1 saturated carbocycles. The van der Waals surface area contributed by atoms with E-state index in [-0.39, 0.29) is 0 Å². The van der Waals surface area contributed by atoms with Crippen molar-refractivity contribution < 1.29 is 0 Å². The Hall–Kier alpha value is -0.530. The lowest BCUT2D eigenvalue weighted by molar-refractivity contribution is 0.189. The topological polar surface area (TPSA) is 26.0 Å². The highest BCUT2D eigenvalue weighted by Crippen LogP contribution is 2.35. The fourth-order valence-electron chi connectivity index (χ4n) is 3.11. The van der Waals surface area contributed by atoms with Crippen molar-refractivity contribution >= 4 is 11.6 Å². The molecular formula is C16H24ClN. The maximum atomic E-state index is 6.30. The number of hydrogen-bond acceptors (Lipinski definition) is 1. The van der Waals surface area contributed by atoms with Gasteiger partial charge in [0.05, 0.1) is 0 Å². The third-order valence-corrected chi connectivity index (χ3v) is 4.83. The van der Waals surface area contributed by atoms with Crippen LogP contribution >= 0.6 is 11.6 Å². The molecule has 1 aromatic carbocycles. The van der Waals surface area contributed by atoms with E-state index in [1.807, 2.05) is 12.1 Å². The van der Waals surface area contributed by atoms with Crippen LogP contribution in [0, 0.1) is 17.8 Å². The van der Waals surface area contributed by atoms with Gasteiger partial charge in [-0.2, -0.15) is 0 Å². The van der Waals surface area contributed by atoms with Crippen LogP contribution in [0.5, 0.6) is 0 Å². The third-order valence-electron chi connectivity index (χ3n) is 4.46. The van der Waals surface area contributed by atoms with Crippen LogP contribution in [0.3, 0.4) is 0 Å². The lowest BCUT2D eigenvalue weighted by Crippen LogP contribution is -2.38. The van der Waals surface area contributed by atoms with Gasteiger partial charge < -0.3 is 5.73 Å². The van der Waals surface area contributed by atoms with Gasteiger partial charge >= 0.3 is 0 Å². The molecule has 3 atom stereocenters. The first kappa shape index (κ1) is 13.9. The Morgan fingerprint density at radius 1 is 1.28 bits per heavy atom. The number of hydrogen-bond donors (Lipinski definition) is 1. The first-order valence-corrected chi connectivity index (χ1v) is 7.44. The highest BCUT2D eigenvalue weighted by Gasteiger charge is 2.29. The maximum Gasteiger partial charge on any atom is 0.0438 e. The zero-order valence-corrected chi connectivity index (χ0v) is 12.2. The Bertz CT molecular complexity index is 388. The van der Waals surface area contributed by atoms with Gasteiger partial charge in [-0.15, -0.1) is 0 Å². The Labute approximate surface area is 116 Å². The smallest absolute Gasteiger partial charge is 0.0438 e. The Balaban J connectivity index is 2.05. The molecule has 1 aromatic rings. The molecule has 2 heteroatoms. The van der Waals surface area contributed by atoms with Gasteiger partial charge in [-0.25, -0.2) is 0 Å². The molecule has 1 aliphatic rings. The molecule has 0 aliphatic heterocycles. The summed E-state index contributed by atoms with van der Waals surface area (Å²) in [7, 11) is 0. The summed E-state index contributed by atoms with van der Waals surface area (Å²) in [6.07, 6.45) is 4.74. The molecule has 1 nitrogen and oxygen atoms in total. The normalized spacial score (nSPS) is 28.6. The Kier molecular flexibility index (Phi) is 4.69. The summed E-state index contributed by atoms with van der Waals surface area (Å²) >= 11 is 6.25. The molecular weight excluding hydrogens is 242 g/mol. The van der Waals surface area contributed by atoms with E-state index in [2.05, 4.69) is 26.0 Å². The molecule has 1 fully saturated rings. The fourth-order valence-corrected chi connectivity index (χ4v) is 3.32. The number of benzene rings is 1. The van der Waals surface area contributed by atoms with Gasteiger partial charge in [0.2, 0.25) is 0 Å². The Morgan fingerprint density at radius 2 is 2.00 bits per heavy atom. The summed E-state index contributed by atoms with van der Waals surface area (Å²) < 4.78 is 0. The number of rotatable bonds is 3. The molecule has 2 N–H and O–H groups in total. The SMILES string of the molecule is CC(C)C1CCC(N)C(Cc2ccccc2Cl)C1. The largest absolute Gasteiger partial charge is 0.327 e. The zero-order valence-electron chi connectivity index (χ0n) is 11.4. The van der Waals surface area contributed by atoms with Crippen LogP contribution in [-0.4, -0.2) is 6.04 Å². The standard InChI is InChI=1S/C16H24ClN/c1-11(2)12-7-8-16(18)14(9-12)10-13-5-3-4-6-15(13)17/h3-6,11-12,14,16H,7-10,18H2,1-2H3. The highest BCUT2D eigenvalue weighted by atomic mass is 35.5. The molecule has 0 amide bonds. The molecule has 1 aliphatic carbocycles. The predicted molar refractivity (Wildman–Crippen MR) is 78.8 cm³/mol. The van der Waals surface area contributed by atoms with E-state index in [1.165, 1.54) is 18.4 Å². The lowest BCUT2D eigenvalue weighted by Gasteiger charge is -2.36. The lowest BCUT2D eigenvalue weighted by atomic mass is 9.72. The van der Waals surface area contributed by atoms with Crippen molar-refractivity contribution in [1.29, 1.82) is 0 Å². The van der Waals surface area contributed by atoms with Crippen LogP contribution in [0.25, 0.3) is 0 Å². The van der Waals surface area contributed by atoms with Crippen molar-refractivity contribution in [2.24, 2.45) is 23.5 Å². The summed E-state index contributed by atoms with van der Waals surface area (Å²) in [5.41, 5.74) is 7.55. The fraction of sp³-hybridized carbons (Fsp3) is 0.625. The first-order valence-electron chi connectivity index (χ1n) is 7.07. The van der Waals surface area contributed by atoms with E-state index >= 15 is 0 Å². The van der Waals surface area contributed by atoms with Crippen molar-refractivity contribution in [2.75, 3.05) is 0 Å². The van der Waals surface area contributed by atoms with Gasteiger partial charge in [-0.1, -0.05) is 43.6 Å². The van der Waals surface area contributed by atoms with Crippen LogP contribution in [0.1, 0.15) is 38.7 Å². The van der Waals surface area contributed by atoms with Crippen molar-refractivity contribution in [3.63, 3.8) is 0 Å². The van der Waals surface area contributed by atoms with Crippen LogP contribution < -0.4 is 5.73 Å². The van der Waals surface area contributed by atoms with Gasteiger partial charge in [0.25, 0.3) is 0 Å². The second-order valence-electron chi connectivity index (χ2n) is 6.04. The van der Waals surface area contributed by atoms with E-state index in [0.717, 1.165) is 29.7 Å². The molecule has 0 heterocycles. The third kappa shape index (κ3) is 3.27. The van der Waals surface area contributed by atoms with Crippen molar-refractivity contribution in [1.82, 2.24) is 0 Å². The summed E-state index contributed by atoms with van der Waals surface area (Å²) in [5, 5.41) is 0.886. The quantitative estimate of drug-likeness (QED) is 0.867. The van der Waals surface area contributed by atoms with E-state index in [4.69, 9.17) is 17.3 Å². The summed E-state index contributed by atoms with van der Waals surface area (Å²) in [4.78, 5) is 0. The molecule has 0 spiro atoms. The molecule has 100 valence electrons. The van der Waals surface area contributed by atoms with Gasteiger partial charge in [0.15, 0.2) is 0 Å². The van der Waals surface area contributed by atoms with Gasteiger partial charge in [-0.05, 0) is 55.1 Å². The van der Waals surface area contributed by atoms with Crippen LogP contribution in [-0.2, 0) is 6.42 Å². The summed E-state index contributed by atoms with van der Waals surface area (Å²) in [5.74, 6) is 2.19. The van der Waals surface area contributed by atoms with Crippen LogP contribution in [0.2, 0.25) is 5.02 Å². The van der Waals surface area contributed by atoms with Gasteiger partial charge in [0.1, 0.15) is 0 Å². The minimum absolute atomic E-state index is 0.344. The Morgan fingerprint density at radius 3 is 2.67 bits per heavy atom. The van der Waals surface area contributed by atoms with Crippen LogP contribution in [0.15, 0.2) is 24.3 Å². The highest BCUT2D eigenvalue weighted by molar-refractivity contribution is 6.31. The van der Waals surface area contributed by atoms with E-state index in [9.17, 15) is 0 Å². The van der Waals surface area contributed by atoms with Gasteiger partial charge in [-0.3, -0.25) is 0 Å². The minimum Gasteiger partial charge on any atom is -0.327 e. The average Bonchev–Trinajstić information content (AvgIpc) is 2.34. The molecule has 0 saturated heterocycles. The summed E-state index contributed by atoms with van der Waals surface area (Å²) in [6, 6.07) is 8.51. The molecule has 0 bridgehead atoms. The van der Waals surface area contributed by atoms with E-state index < -0.39 is 0 Å². The zero-order chi connectivity index (χ0) is 13.1. The van der Waals surface area contributed by atoms with Crippen molar-refractivity contribution in [3.8, 4) is 0 Å². The predicted octanol–water partition coefficient (Wildman–Crippen LogP) is 4.28. The minimum atomic E-state index is 0.344. The average molecular weight is 266 g/mol. The number of halogens is 1. The van der Waals surface area contributed by atoms with Gasteiger partial charge in [0, 0.05) is 11.1 Å². The maximum absolute atomic E-state index is 6.30. The van der Waals surface area contributed by atoms with Crippen LogP contribution in [0.4, 0.5) is 0 Å². The summed E-state index contributed by atoms with van der Waals surface area (Å²) in [6.45, 7) is 4.65. The number of nitrogens with two attached hydrogens (primary N) is 1.